The first-order chi connectivity index (χ1) is 24.4. The molecule has 0 saturated carbocycles. The molecule has 0 spiro atoms. The van der Waals surface area contributed by atoms with E-state index in [1.165, 1.54) is 116 Å². The lowest BCUT2D eigenvalue weighted by Gasteiger charge is -2.16. The van der Waals surface area contributed by atoms with E-state index in [2.05, 4.69) is 48.4 Å². The number of hydrogen-bond acceptors (Lipinski definition) is 4. The molecule has 2 aromatic carbocycles. The van der Waals surface area contributed by atoms with Crippen LogP contribution in [0.25, 0.3) is 11.1 Å². The molecule has 2 amide bonds. The molecule has 0 heterocycles. The Labute approximate surface area is 307 Å². The maximum atomic E-state index is 12.7. The Hall–Kier alpha value is -2.70. The highest BCUT2D eigenvalue weighted by Gasteiger charge is 2.09. The topological polar surface area (TPSA) is 64.7 Å². The van der Waals surface area contributed by atoms with Gasteiger partial charge in [0, 0.05) is 24.2 Å². The second-order valence-corrected chi connectivity index (χ2v) is 14.6. The first-order valence-corrected chi connectivity index (χ1v) is 20.6. The highest BCUT2D eigenvalue weighted by molar-refractivity contribution is 5.95. The van der Waals surface area contributed by atoms with Gasteiger partial charge in [-0.1, -0.05) is 141 Å². The average Bonchev–Trinajstić information content (AvgIpc) is 3.13. The maximum Gasteiger partial charge on any atom is 0.251 e. The van der Waals surface area contributed by atoms with Crippen molar-refractivity contribution < 1.29 is 9.59 Å². The summed E-state index contributed by atoms with van der Waals surface area (Å²) in [6.07, 6.45) is 26.3. The van der Waals surface area contributed by atoms with Gasteiger partial charge in [-0.3, -0.25) is 9.59 Å². The molecular formula is C44H74N4O2. The third-order valence-electron chi connectivity index (χ3n) is 9.92. The molecule has 0 aliphatic rings. The van der Waals surface area contributed by atoms with E-state index in [1.54, 1.807) is 0 Å². The van der Waals surface area contributed by atoms with Crippen molar-refractivity contribution in [3.63, 3.8) is 0 Å². The zero-order chi connectivity index (χ0) is 36.1. The predicted molar refractivity (Wildman–Crippen MR) is 215 cm³/mol. The van der Waals surface area contributed by atoms with Gasteiger partial charge in [-0.25, -0.2) is 0 Å². The Balaban J connectivity index is 1.56. The maximum absolute atomic E-state index is 12.7. The zero-order valence-corrected chi connectivity index (χ0v) is 32.7. The fraction of sp³-hybridized carbons (Fsp3) is 0.682. The van der Waals surface area contributed by atoms with Gasteiger partial charge in [0.15, 0.2) is 0 Å². The molecule has 0 aliphatic carbocycles. The molecule has 0 aliphatic heterocycles. The van der Waals surface area contributed by atoms with Crippen molar-refractivity contribution in [1.82, 2.24) is 20.4 Å². The minimum atomic E-state index is -0.0279. The molecule has 0 aromatic heterocycles. The van der Waals surface area contributed by atoms with E-state index >= 15 is 0 Å². The Morgan fingerprint density at radius 2 is 0.700 bits per heavy atom. The highest BCUT2D eigenvalue weighted by atomic mass is 16.2. The molecule has 2 rings (SSSR count). The second kappa shape index (κ2) is 28.9. The summed E-state index contributed by atoms with van der Waals surface area (Å²) in [5, 5.41) is 6.15. The molecule has 282 valence electrons. The SMILES string of the molecule is CCCCCCCCCCCN(C)CCCNC(=O)c1ccc(-c2ccc(C(=O)NCCCN(C)CCCCCCCCCCC)cc2)cc1. The number of rotatable bonds is 31. The average molecular weight is 691 g/mol. The molecule has 0 atom stereocenters. The molecule has 2 N–H and O–H groups in total. The van der Waals surface area contributed by atoms with Crippen LogP contribution in [-0.2, 0) is 0 Å². The van der Waals surface area contributed by atoms with Crippen LogP contribution < -0.4 is 10.6 Å². The second-order valence-electron chi connectivity index (χ2n) is 14.6. The van der Waals surface area contributed by atoms with Crippen molar-refractivity contribution in [3.05, 3.63) is 59.7 Å². The zero-order valence-electron chi connectivity index (χ0n) is 32.7. The van der Waals surface area contributed by atoms with E-state index in [9.17, 15) is 9.59 Å². The fourth-order valence-corrected chi connectivity index (χ4v) is 6.54. The van der Waals surface area contributed by atoms with Gasteiger partial charge in [-0.15, -0.1) is 0 Å². The third kappa shape index (κ3) is 20.8. The lowest BCUT2D eigenvalue weighted by Crippen LogP contribution is -2.28. The summed E-state index contributed by atoms with van der Waals surface area (Å²) in [6.45, 7) is 10.2. The van der Waals surface area contributed by atoms with Gasteiger partial charge in [0.1, 0.15) is 0 Å². The van der Waals surface area contributed by atoms with E-state index in [0.29, 0.717) is 24.2 Å². The van der Waals surface area contributed by atoms with E-state index in [4.69, 9.17) is 0 Å². The smallest absolute Gasteiger partial charge is 0.251 e. The number of unbranched alkanes of at least 4 members (excludes halogenated alkanes) is 16. The summed E-state index contributed by atoms with van der Waals surface area (Å²) in [5.41, 5.74) is 3.40. The van der Waals surface area contributed by atoms with E-state index < -0.39 is 0 Å². The number of hydrogen-bond donors (Lipinski definition) is 2. The lowest BCUT2D eigenvalue weighted by atomic mass is 10.0. The van der Waals surface area contributed by atoms with Gasteiger partial charge < -0.3 is 20.4 Å². The van der Waals surface area contributed by atoms with Gasteiger partial charge in [0.25, 0.3) is 11.8 Å². The van der Waals surface area contributed by atoms with Gasteiger partial charge in [0.2, 0.25) is 0 Å². The van der Waals surface area contributed by atoms with Crippen LogP contribution in [0.3, 0.4) is 0 Å². The molecule has 6 nitrogen and oxygen atoms in total. The van der Waals surface area contributed by atoms with Crippen LogP contribution >= 0.6 is 0 Å². The van der Waals surface area contributed by atoms with Crippen LogP contribution in [0.1, 0.15) is 163 Å². The van der Waals surface area contributed by atoms with Crippen molar-refractivity contribution in [1.29, 1.82) is 0 Å². The van der Waals surface area contributed by atoms with Gasteiger partial charge >= 0.3 is 0 Å². The van der Waals surface area contributed by atoms with Crippen LogP contribution in [0.15, 0.2) is 48.5 Å². The number of carbonyl (C=O) groups excluding carboxylic acids is 2. The minimum absolute atomic E-state index is 0.0279. The standard InChI is InChI=1S/C44H74N4O2/c1-5-7-9-11-13-15-17-19-21-35-47(3)37-23-33-45-43(49)41-29-25-39(26-30-41)40-27-31-42(32-28-40)44(50)46-34-24-38-48(4)36-22-20-18-16-14-12-10-8-6-2/h25-32H,5-24,33-38H2,1-4H3,(H,45,49)(H,46,50). The van der Waals surface area contributed by atoms with Crippen molar-refractivity contribution in [2.75, 3.05) is 53.4 Å². The molecule has 0 radical (unpaired) electrons. The van der Waals surface area contributed by atoms with Crippen molar-refractivity contribution >= 4 is 11.8 Å². The Bertz CT molecular complexity index is 1030. The summed E-state index contributed by atoms with van der Waals surface area (Å²) >= 11 is 0. The molecule has 0 fully saturated rings. The normalized spacial score (nSPS) is 11.4. The Morgan fingerprint density at radius 1 is 0.420 bits per heavy atom. The van der Waals surface area contributed by atoms with E-state index in [0.717, 1.165) is 50.1 Å². The van der Waals surface area contributed by atoms with Crippen LogP contribution in [0.4, 0.5) is 0 Å². The number of amides is 2. The molecule has 2 aromatic rings. The first-order valence-electron chi connectivity index (χ1n) is 20.6. The van der Waals surface area contributed by atoms with Crippen LogP contribution in [-0.4, -0.2) is 75.0 Å². The predicted octanol–water partition coefficient (Wildman–Crippen LogP) is 10.5. The van der Waals surface area contributed by atoms with Gasteiger partial charge in [0.05, 0.1) is 0 Å². The molecular weight excluding hydrogens is 617 g/mol. The van der Waals surface area contributed by atoms with Crippen LogP contribution in [0.2, 0.25) is 0 Å². The monoisotopic (exact) mass is 691 g/mol. The summed E-state index contributed by atoms with van der Waals surface area (Å²) in [5.74, 6) is -0.0558. The third-order valence-corrected chi connectivity index (χ3v) is 9.92. The van der Waals surface area contributed by atoms with Crippen LogP contribution in [0.5, 0.6) is 0 Å². The summed E-state index contributed by atoms with van der Waals surface area (Å²) in [4.78, 5) is 30.2. The molecule has 0 unspecified atom stereocenters. The first kappa shape index (κ1) is 43.5. The summed E-state index contributed by atoms with van der Waals surface area (Å²) < 4.78 is 0. The Kier molecular flexibility index (Phi) is 25.2. The summed E-state index contributed by atoms with van der Waals surface area (Å²) in [7, 11) is 4.37. The highest BCUT2D eigenvalue weighted by Crippen LogP contribution is 2.21. The molecule has 50 heavy (non-hydrogen) atoms. The van der Waals surface area contributed by atoms with E-state index in [-0.39, 0.29) is 11.8 Å². The van der Waals surface area contributed by atoms with Gasteiger partial charge in [-0.2, -0.15) is 0 Å². The van der Waals surface area contributed by atoms with Crippen molar-refractivity contribution in [2.45, 2.75) is 142 Å². The quantitative estimate of drug-likeness (QED) is 0.0773. The van der Waals surface area contributed by atoms with E-state index in [1.807, 2.05) is 48.5 Å². The Morgan fingerprint density at radius 3 is 1.02 bits per heavy atom. The van der Waals surface area contributed by atoms with Gasteiger partial charge in [-0.05, 0) is 101 Å². The number of carbonyl (C=O) groups is 2. The lowest BCUT2D eigenvalue weighted by molar-refractivity contribution is 0.0944. The number of nitrogens with one attached hydrogen (secondary N) is 2. The number of benzene rings is 2. The molecule has 0 saturated heterocycles. The van der Waals surface area contributed by atoms with Crippen LogP contribution in [0, 0.1) is 0 Å². The number of nitrogens with zero attached hydrogens (tertiary/aromatic N) is 2. The van der Waals surface area contributed by atoms with Crippen molar-refractivity contribution in [2.24, 2.45) is 0 Å². The van der Waals surface area contributed by atoms with Crippen molar-refractivity contribution in [3.8, 4) is 11.1 Å². The minimum Gasteiger partial charge on any atom is -0.352 e. The molecule has 6 heteroatoms. The molecule has 0 bridgehead atoms. The summed E-state index contributed by atoms with van der Waals surface area (Å²) in [6, 6.07) is 15.5. The fourth-order valence-electron chi connectivity index (χ4n) is 6.54. The largest absolute Gasteiger partial charge is 0.352 e.